The fraction of sp³-hybridized carbons (Fsp3) is 0.292. The Kier molecular flexibility index (Phi) is 24.0. The van der Waals surface area contributed by atoms with Crippen molar-refractivity contribution in [1.29, 1.82) is 0 Å². The number of terminal acetylenes is 1. The van der Waals surface area contributed by atoms with Gasteiger partial charge < -0.3 is 9.47 Å². The molecule has 256 valence electrons. The van der Waals surface area contributed by atoms with Crippen molar-refractivity contribution >= 4 is 0 Å². The summed E-state index contributed by atoms with van der Waals surface area (Å²) in [5.74, 6) is 50.9. The third-order valence-corrected chi connectivity index (χ3v) is 6.99. The van der Waals surface area contributed by atoms with Crippen LogP contribution in [-0.4, -0.2) is 13.2 Å². The van der Waals surface area contributed by atoms with Crippen molar-refractivity contribution in [2.75, 3.05) is 13.2 Å². The van der Waals surface area contributed by atoms with Crippen LogP contribution in [0.3, 0.4) is 0 Å². The third-order valence-electron chi connectivity index (χ3n) is 6.99. The van der Waals surface area contributed by atoms with Gasteiger partial charge in [-0.05, 0) is 95.9 Å². The first-order valence-corrected chi connectivity index (χ1v) is 17.2. The van der Waals surface area contributed by atoms with E-state index in [2.05, 4.69) is 135 Å². The van der Waals surface area contributed by atoms with E-state index >= 15 is 0 Å². The zero-order valence-corrected chi connectivity index (χ0v) is 29.9. The predicted molar refractivity (Wildman–Crippen MR) is 213 cm³/mol. The van der Waals surface area contributed by atoms with Gasteiger partial charge in [0.1, 0.15) is 18.5 Å². The summed E-state index contributed by atoms with van der Waals surface area (Å²) in [7, 11) is 0. The molecule has 0 spiro atoms. The van der Waals surface area contributed by atoms with E-state index < -0.39 is 0 Å². The molecular formula is C48H37N3O2. The van der Waals surface area contributed by atoms with Gasteiger partial charge in [0, 0.05) is 76.0 Å². The molecule has 0 heterocycles. The van der Waals surface area contributed by atoms with Gasteiger partial charge in [-0.15, -0.1) is 6.42 Å². The summed E-state index contributed by atoms with van der Waals surface area (Å²) in [6, 6.07) is 15.6. The van der Waals surface area contributed by atoms with Crippen LogP contribution in [0.15, 0.2) is 53.6 Å². The Morgan fingerprint density at radius 3 is 1.34 bits per heavy atom. The van der Waals surface area contributed by atoms with Gasteiger partial charge in [0.25, 0.3) is 0 Å². The molecule has 2 rings (SSSR count). The van der Waals surface area contributed by atoms with E-state index in [4.69, 9.17) is 21.4 Å². The number of ether oxygens (including phenoxy) is 2. The summed E-state index contributed by atoms with van der Waals surface area (Å²) in [6.07, 6.45) is 19.3. The lowest BCUT2D eigenvalue weighted by Gasteiger charge is -2.13. The van der Waals surface area contributed by atoms with Gasteiger partial charge in [-0.1, -0.05) is 98.4 Å². The second-order valence-corrected chi connectivity index (χ2v) is 10.9. The van der Waals surface area contributed by atoms with Crippen LogP contribution in [0.4, 0.5) is 0 Å². The van der Waals surface area contributed by atoms with Crippen LogP contribution in [0.2, 0.25) is 0 Å². The van der Waals surface area contributed by atoms with Crippen LogP contribution in [0.25, 0.3) is 10.4 Å². The van der Waals surface area contributed by atoms with Crippen molar-refractivity contribution in [3.8, 4) is 137 Å². The summed E-state index contributed by atoms with van der Waals surface area (Å²) >= 11 is 0. The molecule has 0 radical (unpaired) electrons. The molecule has 0 saturated heterocycles. The SMILES string of the molecule is C#CC#CC#CC#CC#CC#CC#CC#CC#CC#CC#COCCCCCCCCCCCCOc1ccc(C(N=[N+]=[N-])c2ccc(C)cc2)cc1. The maximum absolute atomic E-state index is 9.05. The van der Waals surface area contributed by atoms with E-state index in [1.165, 1.54) is 50.5 Å². The number of nitrogens with zero attached hydrogens (tertiary/aromatic N) is 3. The second-order valence-electron chi connectivity index (χ2n) is 10.9. The highest BCUT2D eigenvalue weighted by Crippen LogP contribution is 2.28. The average Bonchev–Trinajstić information content (AvgIpc) is 3.18. The van der Waals surface area contributed by atoms with Gasteiger partial charge in [0.2, 0.25) is 0 Å². The Labute approximate surface area is 316 Å². The molecule has 0 N–H and O–H groups in total. The molecular weight excluding hydrogens is 651 g/mol. The quantitative estimate of drug-likeness (QED) is 0.0552. The molecule has 0 saturated carbocycles. The molecule has 0 fully saturated rings. The highest BCUT2D eigenvalue weighted by Gasteiger charge is 2.12. The number of unbranched alkanes of at least 4 members (excludes halogenated alkanes) is 9. The zero-order valence-electron chi connectivity index (χ0n) is 29.9. The van der Waals surface area contributed by atoms with E-state index in [0.29, 0.717) is 13.2 Å². The topological polar surface area (TPSA) is 67.2 Å². The lowest BCUT2D eigenvalue weighted by atomic mass is 9.98. The largest absolute Gasteiger partial charge is 0.494 e. The molecule has 0 amide bonds. The van der Waals surface area contributed by atoms with Crippen LogP contribution < -0.4 is 4.74 Å². The normalized spacial score (nSPS) is 8.53. The molecule has 53 heavy (non-hydrogen) atoms. The van der Waals surface area contributed by atoms with Crippen molar-refractivity contribution in [2.24, 2.45) is 5.11 Å². The molecule has 0 aliphatic carbocycles. The monoisotopic (exact) mass is 687 g/mol. The van der Waals surface area contributed by atoms with E-state index in [1.54, 1.807) is 0 Å². The van der Waals surface area contributed by atoms with Crippen molar-refractivity contribution in [3.05, 3.63) is 75.7 Å². The summed E-state index contributed by atoms with van der Waals surface area (Å²) in [4.78, 5) is 3.05. The fourth-order valence-corrected chi connectivity index (χ4v) is 4.43. The molecule has 5 nitrogen and oxygen atoms in total. The second kappa shape index (κ2) is 30.6. The highest BCUT2D eigenvalue weighted by atomic mass is 16.5. The molecule has 0 aliphatic heterocycles. The first kappa shape index (κ1) is 41.7. The lowest BCUT2D eigenvalue weighted by molar-refractivity contribution is 0.267. The average molecular weight is 688 g/mol. The van der Waals surface area contributed by atoms with Crippen molar-refractivity contribution in [1.82, 2.24) is 0 Å². The molecule has 0 aliphatic rings. The van der Waals surface area contributed by atoms with Crippen LogP contribution >= 0.6 is 0 Å². The van der Waals surface area contributed by atoms with Crippen molar-refractivity contribution in [3.63, 3.8) is 0 Å². The van der Waals surface area contributed by atoms with E-state index in [-0.39, 0.29) is 6.04 Å². The molecule has 0 bridgehead atoms. The molecule has 2 aromatic carbocycles. The molecule has 2 aromatic rings. The van der Waals surface area contributed by atoms with Crippen LogP contribution in [0.1, 0.15) is 86.9 Å². The number of benzene rings is 2. The van der Waals surface area contributed by atoms with Gasteiger partial charge in [0.15, 0.2) is 0 Å². The Balaban J connectivity index is 1.44. The Hall–Kier alpha value is -7.49. The predicted octanol–water partition coefficient (Wildman–Crippen LogP) is 8.32. The zero-order chi connectivity index (χ0) is 37.7. The number of rotatable bonds is 17. The van der Waals surface area contributed by atoms with Gasteiger partial charge in [-0.25, -0.2) is 0 Å². The van der Waals surface area contributed by atoms with Crippen LogP contribution in [-0.2, 0) is 4.74 Å². The van der Waals surface area contributed by atoms with Gasteiger partial charge >= 0.3 is 0 Å². The number of hydrogen-bond acceptors (Lipinski definition) is 3. The third kappa shape index (κ3) is 22.7. The minimum absolute atomic E-state index is 0.350. The maximum atomic E-state index is 9.05. The Morgan fingerprint density at radius 2 is 0.906 bits per heavy atom. The van der Waals surface area contributed by atoms with Crippen molar-refractivity contribution < 1.29 is 9.47 Å². The molecule has 1 unspecified atom stereocenters. The summed E-state index contributed by atoms with van der Waals surface area (Å²) in [6.45, 7) is 3.34. The van der Waals surface area contributed by atoms with Crippen LogP contribution in [0, 0.1) is 138 Å². The van der Waals surface area contributed by atoms with E-state index in [0.717, 1.165) is 36.1 Å². The van der Waals surface area contributed by atoms with E-state index in [1.807, 2.05) is 55.5 Å². The minimum atomic E-state index is -0.350. The summed E-state index contributed by atoms with van der Waals surface area (Å²) < 4.78 is 11.2. The number of hydrogen-bond donors (Lipinski definition) is 0. The smallest absolute Gasteiger partial charge is 0.124 e. The molecule has 5 heteroatoms. The minimum Gasteiger partial charge on any atom is -0.494 e. The van der Waals surface area contributed by atoms with Crippen molar-refractivity contribution in [2.45, 2.75) is 77.2 Å². The van der Waals surface area contributed by atoms with Gasteiger partial charge in [-0.3, -0.25) is 0 Å². The highest BCUT2D eigenvalue weighted by molar-refractivity contribution is 5.47. The van der Waals surface area contributed by atoms with Crippen LogP contribution in [0.5, 0.6) is 5.75 Å². The number of aryl methyl sites for hydroxylation is 1. The first-order valence-electron chi connectivity index (χ1n) is 17.2. The standard InChI is InChI=1S/C48H37N3O2/c1-3-4-5-6-7-8-9-10-11-12-13-14-15-16-17-18-21-24-27-30-41-52-42-31-28-25-22-19-20-23-26-29-32-43-53-47-39-37-46(38-40-47)48(50-51-49)45-35-33-44(2)34-36-45/h1,33-40,48H,19-20,22-23,25-26,28-29,31-32,42-43H2,2H3. The van der Waals surface area contributed by atoms with E-state index in [9.17, 15) is 0 Å². The maximum Gasteiger partial charge on any atom is 0.124 e. The molecule has 1 atom stereocenters. The summed E-state index contributed by atoms with van der Waals surface area (Å²) in [5.41, 5.74) is 12.1. The lowest BCUT2D eigenvalue weighted by Crippen LogP contribution is -2.00. The Bertz CT molecular complexity index is 2220. The van der Waals surface area contributed by atoms with Gasteiger partial charge in [0.05, 0.1) is 12.6 Å². The van der Waals surface area contributed by atoms with Gasteiger partial charge in [-0.2, -0.15) is 0 Å². The Morgan fingerprint density at radius 1 is 0.528 bits per heavy atom. The number of azide groups is 1. The summed E-state index contributed by atoms with van der Waals surface area (Å²) in [5, 5.41) is 4.01. The molecule has 0 aromatic heterocycles. The first-order chi connectivity index (χ1) is 26.2. The fourth-order valence-electron chi connectivity index (χ4n) is 4.43.